The van der Waals surface area contributed by atoms with Crippen molar-refractivity contribution in [2.75, 3.05) is 20.3 Å². The van der Waals surface area contributed by atoms with Crippen LogP contribution >= 0.6 is 11.3 Å². The molecule has 1 aliphatic heterocycles. The molecule has 0 N–H and O–H groups in total. The summed E-state index contributed by atoms with van der Waals surface area (Å²) in [5.74, 6) is -0.999. The van der Waals surface area contributed by atoms with Gasteiger partial charge in [-0.25, -0.2) is 14.6 Å². The largest absolute Gasteiger partial charge is 0.490 e. The van der Waals surface area contributed by atoms with Crippen molar-refractivity contribution < 1.29 is 33.3 Å². The van der Waals surface area contributed by atoms with Gasteiger partial charge in [0.05, 0.1) is 41.1 Å². The van der Waals surface area contributed by atoms with E-state index < -0.39 is 23.9 Å². The van der Waals surface area contributed by atoms with Crippen molar-refractivity contribution in [2.45, 2.75) is 26.8 Å². The number of hydrogen-bond donors (Lipinski definition) is 0. The third kappa shape index (κ3) is 6.20. The molecule has 0 bridgehead atoms. The average Bonchev–Trinajstić information content (AvgIpc) is 3.25. The zero-order valence-corrected chi connectivity index (χ0v) is 23.8. The molecule has 1 aromatic heterocycles. The van der Waals surface area contributed by atoms with Crippen molar-refractivity contribution in [3.8, 4) is 11.5 Å². The van der Waals surface area contributed by atoms with Crippen LogP contribution in [-0.4, -0.2) is 42.8 Å². The van der Waals surface area contributed by atoms with Gasteiger partial charge in [-0.05, 0) is 55.3 Å². The van der Waals surface area contributed by atoms with Crippen molar-refractivity contribution >= 4 is 35.3 Å². The first-order valence-electron chi connectivity index (χ1n) is 12.6. The standard InChI is InChI=1S/C30H28N2O8S/c1-6-14-39-29(36)25-17(3)31-30-32(26(25)20-9-11-21(12-10-20)28(35)37-5)27(34)24(41-30)16-19-8-13-22(40-18(4)33)23(15-19)38-7-2/h6,8-13,15-16,26H,1,7,14H2,2-5H3. The lowest BCUT2D eigenvalue weighted by atomic mass is 9.95. The molecule has 4 rings (SSSR count). The molecular formula is C30H28N2O8S. The maximum Gasteiger partial charge on any atom is 0.338 e. The second kappa shape index (κ2) is 12.6. The van der Waals surface area contributed by atoms with Crippen LogP contribution in [0.1, 0.15) is 48.3 Å². The first-order valence-corrected chi connectivity index (χ1v) is 13.4. The Hall–Kier alpha value is -4.77. The highest BCUT2D eigenvalue weighted by molar-refractivity contribution is 7.07. The minimum Gasteiger partial charge on any atom is -0.490 e. The fourth-order valence-electron chi connectivity index (χ4n) is 4.30. The molecular weight excluding hydrogens is 548 g/mol. The first kappa shape index (κ1) is 29.2. The van der Waals surface area contributed by atoms with E-state index in [0.717, 1.165) is 11.3 Å². The lowest BCUT2D eigenvalue weighted by molar-refractivity contribution is -0.138. The molecule has 0 saturated carbocycles. The fraction of sp³-hybridized carbons (Fsp3) is 0.233. The van der Waals surface area contributed by atoms with Gasteiger partial charge < -0.3 is 18.9 Å². The van der Waals surface area contributed by atoms with Crippen LogP contribution in [0.2, 0.25) is 0 Å². The molecule has 2 heterocycles. The summed E-state index contributed by atoms with van der Waals surface area (Å²) in [5.41, 5.74) is 1.76. The highest BCUT2D eigenvalue weighted by Gasteiger charge is 2.33. The molecule has 11 heteroatoms. The van der Waals surface area contributed by atoms with Crippen molar-refractivity contribution in [2.24, 2.45) is 4.99 Å². The van der Waals surface area contributed by atoms with Gasteiger partial charge in [0.25, 0.3) is 5.56 Å². The Balaban J connectivity index is 1.87. The van der Waals surface area contributed by atoms with Gasteiger partial charge in [-0.2, -0.15) is 0 Å². The summed E-state index contributed by atoms with van der Waals surface area (Å²) in [5, 5.41) is 0. The van der Waals surface area contributed by atoms with E-state index in [0.29, 0.717) is 44.1 Å². The van der Waals surface area contributed by atoms with Crippen LogP contribution in [0.3, 0.4) is 0 Å². The van der Waals surface area contributed by atoms with Gasteiger partial charge in [-0.1, -0.05) is 42.2 Å². The molecule has 0 radical (unpaired) electrons. The number of ether oxygens (including phenoxy) is 4. The molecule has 0 spiro atoms. The number of benzene rings is 2. The number of hydrogen-bond acceptors (Lipinski definition) is 10. The molecule has 0 amide bonds. The third-order valence-electron chi connectivity index (χ3n) is 6.04. The average molecular weight is 577 g/mol. The Kier molecular flexibility index (Phi) is 8.98. The number of aromatic nitrogens is 1. The van der Waals surface area contributed by atoms with E-state index in [2.05, 4.69) is 11.6 Å². The molecule has 10 nitrogen and oxygen atoms in total. The Morgan fingerprint density at radius 1 is 1.10 bits per heavy atom. The number of methoxy groups -OCH3 is 1. The lowest BCUT2D eigenvalue weighted by Gasteiger charge is -2.24. The van der Waals surface area contributed by atoms with Crippen LogP contribution in [0.15, 0.2) is 76.2 Å². The normalized spacial score (nSPS) is 14.5. The minimum atomic E-state index is -0.859. The van der Waals surface area contributed by atoms with Crippen LogP contribution in [0.5, 0.6) is 11.5 Å². The minimum absolute atomic E-state index is 0.0144. The quantitative estimate of drug-likeness (QED) is 0.216. The van der Waals surface area contributed by atoms with E-state index in [1.54, 1.807) is 62.4 Å². The van der Waals surface area contributed by atoms with Gasteiger partial charge in [0, 0.05) is 6.92 Å². The predicted octanol–water partition coefficient (Wildman–Crippen LogP) is 3.08. The van der Waals surface area contributed by atoms with E-state index in [4.69, 9.17) is 18.9 Å². The number of esters is 3. The van der Waals surface area contributed by atoms with E-state index in [1.807, 2.05) is 0 Å². The Labute approximate surface area is 239 Å². The molecule has 0 fully saturated rings. The van der Waals surface area contributed by atoms with Gasteiger partial charge >= 0.3 is 17.9 Å². The zero-order chi connectivity index (χ0) is 29.7. The van der Waals surface area contributed by atoms with E-state index in [9.17, 15) is 19.2 Å². The van der Waals surface area contributed by atoms with Gasteiger partial charge in [-0.15, -0.1) is 0 Å². The second-order valence-electron chi connectivity index (χ2n) is 8.82. The summed E-state index contributed by atoms with van der Waals surface area (Å²) in [6.07, 6.45) is 3.13. The highest BCUT2D eigenvalue weighted by Crippen LogP contribution is 2.31. The van der Waals surface area contributed by atoms with Crippen LogP contribution in [0.25, 0.3) is 6.08 Å². The first-order chi connectivity index (χ1) is 19.7. The van der Waals surface area contributed by atoms with Crippen molar-refractivity contribution in [1.82, 2.24) is 4.57 Å². The molecule has 1 unspecified atom stereocenters. The number of thiazole rings is 1. The third-order valence-corrected chi connectivity index (χ3v) is 7.02. The molecule has 212 valence electrons. The highest BCUT2D eigenvalue weighted by atomic mass is 32.1. The number of fused-ring (bicyclic) bond motifs is 1. The summed E-state index contributed by atoms with van der Waals surface area (Å²) >= 11 is 1.16. The van der Waals surface area contributed by atoms with Crippen molar-refractivity contribution in [1.29, 1.82) is 0 Å². The SMILES string of the molecule is C=CCOC(=O)C1=C(C)N=c2sc(=Cc3ccc(OC(C)=O)c(OCC)c3)c(=O)n2C1c1ccc(C(=O)OC)cc1. The van der Waals surface area contributed by atoms with Crippen LogP contribution in [0, 0.1) is 0 Å². The molecule has 41 heavy (non-hydrogen) atoms. The summed E-state index contributed by atoms with van der Waals surface area (Å²) < 4.78 is 22.8. The number of carbonyl (C=O) groups excluding carboxylic acids is 3. The monoisotopic (exact) mass is 576 g/mol. The summed E-state index contributed by atoms with van der Waals surface area (Å²) in [4.78, 5) is 55.4. The van der Waals surface area contributed by atoms with Crippen LogP contribution < -0.4 is 24.4 Å². The fourth-order valence-corrected chi connectivity index (χ4v) is 5.35. The zero-order valence-electron chi connectivity index (χ0n) is 23.0. The molecule has 1 atom stereocenters. The predicted molar refractivity (Wildman–Crippen MR) is 152 cm³/mol. The smallest absolute Gasteiger partial charge is 0.338 e. The van der Waals surface area contributed by atoms with Crippen LogP contribution in [-0.2, 0) is 19.1 Å². The number of nitrogens with zero attached hydrogens (tertiary/aromatic N) is 2. The van der Waals surface area contributed by atoms with E-state index in [-0.39, 0.29) is 23.5 Å². The van der Waals surface area contributed by atoms with Crippen LogP contribution in [0.4, 0.5) is 0 Å². The van der Waals surface area contributed by atoms with E-state index in [1.165, 1.54) is 24.7 Å². The van der Waals surface area contributed by atoms with Gasteiger partial charge in [0.2, 0.25) is 0 Å². The molecule has 2 aromatic carbocycles. The van der Waals surface area contributed by atoms with Crippen molar-refractivity contribution in [3.63, 3.8) is 0 Å². The Morgan fingerprint density at radius 2 is 1.83 bits per heavy atom. The topological polar surface area (TPSA) is 122 Å². The number of rotatable bonds is 9. The number of carbonyl (C=O) groups is 3. The summed E-state index contributed by atoms with van der Waals surface area (Å²) in [6, 6.07) is 10.6. The molecule has 3 aromatic rings. The van der Waals surface area contributed by atoms with Gasteiger partial charge in [-0.3, -0.25) is 14.2 Å². The Bertz CT molecular complexity index is 1730. The van der Waals surface area contributed by atoms with Gasteiger partial charge in [0.1, 0.15) is 6.61 Å². The number of allylic oxidation sites excluding steroid dienone is 1. The van der Waals surface area contributed by atoms with Crippen molar-refractivity contribution in [3.05, 3.63) is 103 Å². The van der Waals surface area contributed by atoms with Gasteiger partial charge in [0.15, 0.2) is 16.3 Å². The molecule has 1 aliphatic rings. The summed E-state index contributed by atoms with van der Waals surface area (Å²) in [6.45, 7) is 8.70. The second-order valence-corrected chi connectivity index (χ2v) is 9.82. The van der Waals surface area contributed by atoms with E-state index >= 15 is 0 Å². The molecule has 0 saturated heterocycles. The lowest BCUT2D eigenvalue weighted by Crippen LogP contribution is -2.40. The maximum atomic E-state index is 13.9. The summed E-state index contributed by atoms with van der Waals surface area (Å²) in [7, 11) is 1.29. The maximum absolute atomic E-state index is 13.9. The molecule has 0 aliphatic carbocycles. The Morgan fingerprint density at radius 3 is 2.46 bits per heavy atom.